The van der Waals surface area contributed by atoms with Gasteiger partial charge in [0.25, 0.3) is 0 Å². The lowest BCUT2D eigenvalue weighted by Crippen LogP contribution is -2.41. The van der Waals surface area contributed by atoms with Gasteiger partial charge in [-0.2, -0.15) is 0 Å². The molecule has 2 heteroatoms. The van der Waals surface area contributed by atoms with Crippen LogP contribution in [0.5, 0.6) is 0 Å². The number of carbonyl (C=O) groups excluding carboxylic acids is 1. The Labute approximate surface area is 105 Å². The maximum Gasteiger partial charge on any atom is 0.227 e. The maximum atomic E-state index is 11.9. The first-order valence-electron chi connectivity index (χ1n) is 6.46. The molecule has 0 saturated heterocycles. The van der Waals surface area contributed by atoms with Crippen molar-refractivity contribution >= 4 is 5.91 Å². The average molecular weight is 233 g/mol. The van der Waals surface area contributed by atoms with Crippen LogP contribution >= 0.6 is 0 Å². The number of rotatable bonds is 1. The van der Waals surface area contributed by atoms with E-state index >= 15 is 0 Å². The lowest BCUT2D eigenvalue weighted by atomic mass is 9.94. The van der Waals surface area contributed by atoms with Crippen molar-refractivity contribution in [3.8, 4) is 0 Å². The molecule has 1 aromatic carbocycles. The molecular formula is C15H23NO. The minimum atomic E-state index is 0.256. The van der Waals surface area contributed by atoms with Crippen molar-refractivity contribution in [1.82, 2.24) is 4.90 Å². The number of nitrogens with zero attached hydrogens (tertiary/aromatic N) is 1. The Morgan fingerprint density at radius 2 is 1.88 bits per heavy atom. The molecule has 1 heterocycles. The average Bonchev–Trinajstić information content (AvgIpc) is 2.32. The summed E-state index contributed by atoms with van der Waals surface area (Å²) in [6.07, 6.45) is 0.570. The predicted octanol–water partition coefficient (Wildman–Crippen LogP) is 3.31. The van der Waals surface area contributed by atoms with Gasteiger partial charge in [0.05, 0.1) is 6.42 Å². The molecule has 0 atom stereocenters. The van der Waals surface area contributed by atoms with Gasteiger partial charge in [-0.25, -0.2) is 0 Å². The summed E-state index contributed by atoms with van der Waals surface area (Å²) in [6, 6.07) is 6.58. The summed E-state index contributed by atoms with van der Waals surface area (Å²) in [6.45, 7) is 11.0. The Kier molecular flexibility index (Phi) is 4.73. The first-order chi connectivity index (χ1) is 8.09. The summed E-state index contributed by atoms with van der Waals surface area (Å²) in [5.74, 6) is 0.256. The van der Waals surface area contributed by atoms with E-state index in [9.17, 15) is 4.79 Å². The molecular weight excluding hydrogens is 210 g/mol. The fourth-order valence-electron chi connectivity index (χ4n) is 2.16. The summed E-state index contributed by atoms with van der Waals surface area (Å²) in [4.78, 5) is 13.8. The molecule has 0 bridgehead atoms. The highest BCUT2D eigenvalue weighted by Crippen LogP contribution is 2.23. The third-order valence-corrected chi connectivity index (χ3v) is 3.12. The Balaban J connectivity index is 0.000000686. The highest BCUT2D eigenvalue weighted by atomic mass is 16.2. The zero-order valence-electron chi connectivity index (χ0n) is 11.6. The van der Waals surface area contributed by atoms with E-state index in [0.29, 0.717) is 12.5 Å². The normalized spacial score (nSPS) is 14.2. The summed E-state index contributed by atoms with van der Waals surface area (Å²) >= 11 is 0. The summed E-state index contributed by atoms with van der Waals surface area (Å²) in [5.41, 5.74) is 3.78. The van der Waals surface area contributed by atoms with Crippen LogP contribution < -0.4 is 0 Å². The van der Waals surface area contributed by atoms with E-state index in [2.05, 4.69) is 39.0 Å². The molecule has 1 aromatic rings. The van der Waals surface area contributed by atoms with Crippen molar-refractivity contribution in [3.63, 3.8) is 0 Å². The van der Waals surface area contributed by atoms with Crippen molar-refractivity contribution in [3.05, 3.63) is 34.9 Å². The van der Waals surface area contributed by atoms with Gasteiger partial charge in [0.1, 0.15) is 0 Å². The molecule has 94 valence electrons. The van der Waals surface area contributed by atoms with Crippen LogP contribution in [0.1, 0.15) is 44.4 Å². The van der Waals surface area contributed by atoms with Crippen molar-refractivity contribution in [2.45, 2.75) is 53.6 Å². The van der Waals surface area contributed by atoms with Gasteiger partial charge < -0.3 is 4.90 Å². The molecule has 0 fully saturated rings. The quantitative estimate of drug-likeness (QED) is 0.728. The summed E-state index contributed by atoms with van der Waals surface area (Å²) < 4.78 is 0. The highest BCUT2D eigenvalue weighted by molar-refractivity contribution is 5.81. The highest BCUT2D eigenvalue weighted by Gasteiger charge is 2.25. The lowest BCUT2D eigenvalue weighted by Gasteiger charge is -2.32. The summed E-state index contributed by atoms with van der Waals surface area (Å²) in [5, 5.41) is 0. The maximum absolute atomic E-state index is 11.9. The van der Waals surface area contributed by atoms with Crippen LogP contribution in [0.25, 0.3) is 0 Å². The van der Waals surface area contributed by atoms with Gasteiger partial charge in [-0.05, 0) is 37.5 Å². The Morgan fingerprint density at radius 3 is 2.47 bits per heavy atom. The minimum absolute atomic E-state index is 0.256. The van der Waals surface area contributed by atoms with Crippen LogP contribution in [-0.2, 0) is 17.8 Å². The largest absolute Gasteiger partial charge is 0.336 e. The van der Waals surface area contributed by atoms with E-state index < -0.39 is 0 Å². The second-order valence-corrected chi connectivity index (χ2v) is 4.50. The zero-order chi connectivity index (χ0) is 13.0. The molecule has 0 unspecified atom stereocenters. The van der Waals surface area contributed by atoms with Crippen molar-refractivity contribution < 1.29 is 4.79 Å². The van der Waals surface area contributed by atoms with E-state index in [4.69, 9.17) is 0 Å². The standard InChI is InChI=1S/C13H17NO.C2H6/c1-9(2)14-8-11-6-4-5-10(3)12(11)7-13(14)15;1-2/h4-6,9H,7-8H2,1-3H3;1-2H3. The Bertz CT molecular complexity index is 396. The molecule has 0 radical (unpaired) electrons. The first kappa shape index (κ1) is 13.8. The smallest absolute Gasteiger partial charge is 0.227 e. The SMILES string of the molecule is CC.Cc1cccc2c1CC(=O)N(C(C)C)C2. The van der Waals surface area contributed by atoms with Crippen LogP contribution in [0.3, 0.4) is 0 Å². The lowest BCUT2D eigenvalue weighted by molar-refractivity contribution is -0.133. The third kappa shape index (κ3) is 2.87. The van der Waals surface area contributed by atoms with Gasteiger partial charge in [0, 0.05) is 12.6 Å². The predicted molar refractivity (Wildman–Crippen MR) is 71.9 cm³/mol. The van der Waals surface area contributed by atoms with Crippen LogP contribution in [0.4, 0.5) is 0 Å². The molecule has 0 spiro atoms. The fourth-order valence-corrected chi connectivity index (χ4v) is 2.16. The van der Waals surface area contributed by atoms with Gasteiger partial charge in [-0.3, -0.25) is 4.79 Å². The zero-order valence-corrected chi connectivity index (χ0v) is 11.6. The second-order valence-electron chi connectivity index (χ2n) is 4.50. The molecule has 0 aromatic heterocycles. The third-order valence-electron chi connectivity index (χ3n) is 3.12. The number of carbonyl (C=O) groups is 1. The van der Waals surface area contributed by atoms with E-state index in [1.807, 2.05) is 18.7 Å². The Morgan fingerprint density at radius 1 is 1.24 bits per heavy atom. The van der Waals surface area contributed by atoms with Gasteiger partial charge in [0.15, 0.2) is 0 Å². The first-order valence-corrected chi connectivity index (χ1v) is 6.46. The van der Waals surface area contributed by atoms with Crippen LogP contribution in [0, 0.1) is 6.92 Å². The van der Waals surface area contributed by atoms with Crippen molar-refractivity contribution in [1.29, 1.82) is 0 Å². The number of fused-ring (bicyclic) bond motifs is 1. The van der Waals surface area contributed by atoms with Crippen molar-refractivity contribution in [2.75, 3.05) is 0 Å². The van der Waals surface area contributed by atoms with Gasteiger partial charge in [0.2, 0.25) is 5.91 Å². The second kappa shape index (κ2) is 5.85. The van der Waals surface area contributed by atoms with E-state index in [-0.39, 0.29) is 5.91 Å². The van der Waals surface area contributed by atoms with E-state index in [1.54, 1.807) is 0 Å². The molecule has 1 amide bonds. The number of hydrogen-bond acceptors (Lipinski definition) is 1. The molecule has 1 aliphatic heterocycles. The monoisotopic (exact) mass is 233 g/mol. The van der Waals surface area contributed by atoms with Crippen molar-refractivity contribution in [2.24, 2.45) is 0 Å². The van der Waals surface area contributed by atoms with Gasteiger partial charge >= 0.3 is 0 Å². The Hall–Kier alpha value is -1.31. The minimum Gasteiger partial charge on any atom is -0.336 e. The van der Waals surface area contributed by atoms with Crippen LogP contribution in [-0.4, -0.2) is 16.8 Å². The van der Waals surface area contributed by atoms with Gasteiger partial charge in [-0.1, -0.05) is 32.0 Å². The molecule has 17 heavy (non-hydrogen) atoms. The molecule has 2 nitrogen and oxygen atoms in total. The van der Waals surface area contributed by atoms with Crippen LogP contribution in [0.2, 0.25) is 0 Å². The van der Waals surface area contributed by atoms with E-state index in [1.165, 1.54) is 16.7 Å². The molecule has 1 aliphatic rings. The van der Waals surface area contributed by atoms with Crippen LogP contribution in [0.15, 0.2) is 18.2 Å². The van der Waals surface area contributed by atoms with Gasteiger partial charge in [-0.15, -0.1) is 0 Å². The molecule has 0 aliphatic carbocycles. The topological polar surface area (TPSA) is 20.3 Å². The molecule has 0 N–H and O–H groups in total. The number of hydrogen-bond donors (Lipinski definition) is 0. The number of amides is 1. The fraction of sp³-hybridized carbons (Fsp3) is 0.533. The molecule has 2 rings (SSSR count). The number of aryl methyl sites for hydroxylation is 1. The number of benzene rings is 1. The summed E-state index contributed by atoms with van der Waals surface area (Å²) in [7, 11) is 0. The molecule has 0 saturated carbocycles. The van der Waals surface area contributed by atoms with E-state index in [0.717, 1.165) is 6.54 Å².